The van der Waals surface area contributed by atoms with E-state index in [2.05, 4.69) is 5.32 Å². The van der Waals surface area contributed by atoms with Crippen LogP contribution in [0.4, 0.5) is 8.78 Å². The molecule has 0 aliphatic rings. The third kappa shape index (κ3) is 2.82. The van der Waals surface area contributed by atoms with E-state index in [1.54, 1.807) is 6.92 Å². The number of benzene rings is 2. The molecule has 2 rings (SSSR count). The molecule has 3 heteroatoms. The highest BCUT2D eigenvalue weighted by atomic mass is 19.1. The molecule has 2 aromatic carbocycles. The highest BCUT2D eigenvalue weighted by Crippen LogP contribution is 2.28. The molecule has 0 amide bonds. The molecule has 0 saturated heterocycles. The second-order valence-corrected chi connectivity index (χ2v) is 4.49. The van der Waals surface area contributed by atoms with Crippen molar-refractivity contribution in [2.24, 2.45) is 0 Å². The van der Waals surface area contributed by atoms with Crippen LogP contribution >= 0.6 is 0 Å². The summed E-state index contributed by atoms with van der Waals surface area (Å²) < 4.78 is 28.3. The molecule has 1 atom stereocenters. The Labute approximate surface area is 112 Å². The van der Waals surface area contributed by atoms with Gasteiger partial charge in [0, 0.05) is 5.56 Å². The van der Waals surface area contributed by atoms with Crippen LogP contribution in [0.1, 0.15) is 29.7 Å². The van der Waals surface area contributed by atoms with Crippen molar-refractivity contribution in [1.29, 1.82) is 0 Å². The Morgan fingerprint density at radius 3 is 2.37 bits per heavy atom. The van der Waals surface area contributed by atoms with Gasteiger partial charge >= 0.3 is 0 Å². The van der Waals surface area contributed by atoms with Crippen LogP contribution in [-0.2, 0) is 0 Å². The molecule has 0 spiro atoms. The summed E-state index contributed by atoms with van der Waals surface area (Å²) in [4.78, 5) is 0. The summed E-state index contributed by atoms with van der Waals surface area (Å²) in [6, 6.07) is 11.7. The van der Waals surface area contributed by atoms with Crippen LogP contribution in [0.2, 0.25) is 0 Å². The van der Waals surface area contributed by atoms with Gasteiger partial charge in [0.25, 0.3) is 0 Å². The number of aryl methyl sites for hydroxylation is 1. The SMILES string of the molecule is CCNC(c1ccccc1)c1c(F)ccc(C)c1F. The van der Waals surface area contributed by atoms with E-state index in [0.29, 0.717) is 12.1 Å². The fraction of sp³-hybridized carbons (Fsp3) is 0.250. The van der Waals surface area contributed by atoms with Crippen LogP contribution in [0.5, 0.6) is 0 Å². The molecule has 0 radical (unpaired) electrons. The lowest BCUT2D eigenvalue weighted by Crippen LogP contribution is -2.24. The van der Waals surface area contributed by atoms with Crippen LogP contribution in [0.3, 0.4) is 0 Å². The molecule has 0 aromatic heterocycles. The van der Waals surface area contributed by atoms with Crippen LogP contribution in [-0.4, -0.2) is 6.54 Å². The molecule has 0 saturated carbocycles. The number of halogens is 2. The van der Waals surface area contributed by atoms with Gasteiger partial charge in [-0.15, -0.1) is 0 Å². The van der Waals surface area contributed by atoms with Crippen molar-refractivity contribution in [2.45, 2.75) is 19.9 Å². The van der Waals surface area contributed by atoms with E-state index in [1.807, 2.05) is 37.3 Å². The first kappa shape index (κ1) is 13.7. The lowest BCUT2D eigenvalue weighted by Gasteiger charge is -2.21. The van der Waals surface area contributed by atoms with Gasteiger partial charge in [-0.05, 0) is 30.7 Å². The van der Waals surface area contributed by atoms with Gasteiger partial charge in [0.2, 0.25) is 0 Å². The van der Waals surface area contributed by atoms with Gasteiger partial charge in [-0.2, -0.15) is 0 Å². The van der Waals surface area contributed by atoms with Crippen LogP contribution in [0.25, 0.3) is 0 Å². The zero-order chi connectivity index (χ0) is 13.8. The number of hydrogen-bond acceptors (Lipinski definition) is 1. The van der Waals surface area contributed by atoms with Crippen molar-refractivity contribution < 1.29 is 8.78 Å². The van der Waals surface area contributed by atoms with Crippen LogP contribution in [0, 0.1) is 18.6 Å². The fourth-order valence-electron chi connectivity index (χ4n) is 2.18. The van der Waals surface area contributed by atoms with Crippen molar-refractivity contribution in [1.82, 2.24) is 5.32 Å². The zero-order valence-corrected chi connectivity index (χ0v) is 11.1. The molecule has 19 heavy (non-hydrogen) atoms. The lowest BCUT2D eigenvalue weighted by molar-refractivity contribution is 0.506. The van der Waals surface area contributed by atoms with E-state index in [-0.39, 0.29) is 5.56 Å². The standard InChI is InChI=1S/C16H17F2N/c1-3-19-16(12-7-5-4-6-8-12)14-13(17)10-9-11(2)15(14)18/h4-10,16,19H,3H2,1-2H3. The van der Waals surface area contributed by atoms with Crippen molar-refractivity contribution in [3.05, 3.63) is 70.8 Å². The number of rotatable bonds is 4. The minimum absolute atomic E-state index is 0.0908. The average molecular weight is 261 g/mol. The summed E-state index contributed by atoms with van der Waals surface area (Å²) in [5.74, 6) is -0.993. The Morgan fingerprint density at radius 2 is 1.74 bits per heavy atom. The maximum absolute atomic E-state index is 14.2. The average Bonchev–Trinajstić information content (AvgIpc) is 2.43. The van der Waals surface area contributed by atoms with Crippen molar-refractivity contribution >= 4 is 0 Å². The lowest BCUT2D eigenvalue weighted by atomic mass is 9.96. The molecule has 0 bridgehead atoms. The summed E-state index contributed by atoms with van der Waals surface area (Å²) in [6.07, 6.45) is 0. The quantitative estimate of drug-likeness (QED) is 0.878. The van der Waals surface area contributed by atoms with Gasteiger partial charge in [-0.25, -0.2) is 8.78 Å². The summed E-state index contributed by atoms with van der Waals surface area (Å²) in [5, 5.41) is 3.14. The predicted molar refractivity (Wildman–Crippen MR) is 73.1 cm³/mol. The first-order chi connectivity index (χ1) is 9.15. The van der Waals surface area contributed by atoms with Crippen molar-refractivity contribution in [2.75, 3.05) is 6.54 Å². The summed E-state index contributed by atoms with van der Waals surface area (Å²) in [7, 11) is 0. The first-order valence-electron chi connectivity index (χ1n) is 6.38. The third-order valence-corrected chi connectivity index (χ3v) is 3.15. The second-order valence-electron chi connectivity index (χ2n) is 4.49. The number of hydrogen-bond donors (Lipinski definition) is 1. The van der Waals surface area contributed by atoms with Gasteiger partial charge in [0.15, 0.2) is 0 Å². The smallest absolute Gasteiger partial charge is 0.134 e. The second kappa shape index (κ2) is 5.93. The third-order valence-electron chi connectivity index (χ3n) is 3.15. The Morgan fingerprint density at radius 1 is 1.05 bits per heavy atom. The minimum Gasteiger partial charge on any atom is -0.306 e. The number of nitrogens with one attached hydrogen (secondary N) is 1. The fourth-order valence-corrected chi connectivity index (χ4v) is 2.18. The largest absolute Gasteiger partial charge is 0.306 e. The normalized spacial score (nSPS) is 12.4. The Kier molecular flexibility index (Phi) is 4.27. The van der Waals surface area contributed by atoms with Gasteiger partial charge in [-0.1, -0.05) is 43.3 Å². The molecule has 1 unspecified atom stereocenters. The molecular formula is C16H17F2N. The maximum Gasteiger partial charge on any atom is 0.134 e. The van der Waals surface area contributed by atoms with Gasteiger partial charge in [0.05, 0.1) is 6.04 Å². The Bertz CT molecular complexity index is 552. The van der Waals surface area contributed by atoms with E-state index in [0.717, 1.165) is 5.56 Å². The molecular weight excluding hydrogens is 244 g/mol. The molecule has 0 aliphatic heterocycles. The molecule has 0 heterocycles. The monoisotopic (exact) mass is 261 g/mol. The van der Waals surface area contributed by atoms with Crippen molar-refractivity contribution in [3.8, 4) is 0 Å². The zero-order valence-electron chi connectivity index (χ0n) is 11.1. The van der Waals surface area contributed by atoms with E-state index < -0.39 is 17.7 Å². The van der Waals surface area contributed by atoms with Crippen molar-refractivity contribution in [3.63, 3.8) is 0 Å². The molecule has 1 N–H and O–H groups in total. The molecule has 0 fully saturated rings. The van der Waals surface area contributed by atoms with Crippen LogP contribution < -0.4 is 5.32 Å². The Hall–Kier alpha value is -1.74. The van der Waals surface area contributed by atoms with Crippen LogP contribution in [0.15, 0.2) is 42.5 Å². The molecule has 100 valence electrons. The highest BCUT2D eigenvalue weighted by Gasteiger charge is 2.22. The van der Waals surface area contributed by atoms with E-state index in [9.17, 15) is 8.78 Å². The molecule has 2 aromatic rings. The molecule has 0 aliphatic carbocycles. The van der Waals surface area contributed by atoms with Gasteiger partial charge in [-0.3, -0.25) is 0 Å². The summed E-state index contributed by atoms with van der Waals surface area (Å²) in [5.41, 5.74) is 1.40. The summed E-state index contributed by atoms with van der Waals surface area (Å²) in [6.45, 7) is 4.19. The maximum atomic E-state index is 14.2. The summed E-state index contributed by atoms with van der Waals surface area (Å²) >= 11 is 0. The van der Waals surface area contributed by atoms with E-state index >= 15 is 0 Å². The first-order valence-corrected chi connectivity index (χ1v) is 6.38. The van der Waals surface area contributed by atoms with Gasteiger partial charge < -0.3 is 5.32 Å². The topological polar surface area (TPSA) is 12.0 Å². The predicted octanol–water partition coefficient (Wildman–Crippen LogP) is 3.97. The highest BCUT2D eigenvalue weighted by molar-refractivity contribution is 5.36. The van der Waals surface area contributed by atoms with E-state index in [1.165, 1.54) is 12.1 Å². The van der Waals surface area contributed by atoms with E-state index in [4.69, 9.17) is 0 Å². The molecule has 1 nitrogen and oxygen atoms in total. The Balaban J connectivity index is 2.54. The minimum atomic E-state index is -0.516. The van der Waals surface area contributed by atoms with Gasteiger partial charge in [0.1, 0.15) is 11.6 Å².